The van der Waals surface area contributed by atoms with Gasteiger partial charge in [-0.25, -0.2) is 0 Å². The highest BCUT2D eigenvalue weighted by atomic mass is 16.5. The van der Waals surface area contributed by atoms with E-state index in [0.29, 0.717) is 42.0 Å². The van der Waals surface area contributed by atoms with Gasteiger partial charge in [0.25, 0.3) is 0 Å². The number of phenols is 1. The van der Waals surface area contributed by atoms with Crippen LogP contribution < -0.4 is 10.1 Å². The number of benzene rings is 1. The van der Waals surface area contributed by atoms with Gasteiger partial charge >= 0.3 is 0 Å². The number of phenolic OH excluding ortho intramolecular Hbond substituents is 1. The Kier molecular flexibility index (Phi) is 3.21. The molecule has 24 heavy (non-hydrogen) atoms. The molecule has 0 bridgehead atoms. The molecular formula is C18H21NO5. The van der Waals surface area contributed by atoms with E-state index in [1.165, 1.54) is 14.2 Å². The number of carbonyl (C=O) groups excluding carboxylic acids is 1. The molecule has 6 heteroatoms. The standard InChI is InChI=1S/C18H21NO5/c1-23-12-4-3-10-11(20)9-18-16(22)13(24-2)5-6-17(18,7-8-19-18)14(10)15(12)21/h3-5,11,19-21H,6-9H2,1-2H3/t11-,17-,18-/m1/s1. The van der Waals surface area contributed by atoms with Crippen LogP contribution in [0.5, 0.6) is 11.5 Å². The monoisotopic (exact) mass is 331 g/mol. The number of carbonyl (C=O) groups is 1. The Hall–Kier alpha value is -2.05. The summed E-state index contributed by atoms with van der Waals surface area (Å²) in [6.45, 7) is 0.638. The zero-order valence-corrected chi connectivity index (χ0v) is 13.8. The first-order valence-corrected chi connectivity index (χ1v) is 8.13. The van der Waals surface area contributed by atoms with E-state index in [-0.39, 0.29) is 18.0 Å². The Labute approximate surface area is 140 Å². The summed E-state index contributed by atoms with van der Waals surface area (Å²) in [6, 6.07) is 3.44. The van der Waals surface area contributed by atoms with E-state index in [0.717, 1.165) is 0 Å². The molecule has 0 spiro atoms. The Balaban J connectivity index is 2.03. The first kappa shape index (κ1) is 15.5. The average molecular weight is 331 g/mol. The SMILES string of the molecule is COC1=CC[C@]23CCN[C@]2(C[C@@H](O)c2ccc(OC)c(O)c23)C1=O. The maximum atomic E-state index is 13.1. The van der Waals surface area contributed by atoms with Crippen LogP contribution in [0.15, 0.2) is 24.0 Å². The second-order valence-corrected chi connectivity index (χ2v) is 6.77. The number of allylic oxidation sites excluding steroid dienone is 1. The molecule has 2 aliphatic carbocycles. The number of ether oxygens (including phenoxy) is 2. The first-order chi connectivity index (χ1) is 11.5. The Bertz CT molecular complexity index is 758. The van der Waals surface area contributed by atoms with Gasteiger partial charge in [0.1, 0.15) is 0 Å². The lowest BCUT2D eigenvalue weighted by Crippen LogP contribution is -2.64. The predicted molar refractivity (Wildman–Crippen MR) is 86.0 cm³/mol. The summed E-state index contributed by atoms with van der Waals surface area (Å²) in [5.74, 6) is 0.537. The molecule has 0 unspecified atom stereocenters. The lowest BCUT2D eigenvalue weighted by molar-refractivity contribution is -0.130. The zero-order chi connectivity index (χ0) is 17.1. The minimum Gasteiger partial charge on any atom is -0.504 e. The molecule has 4 rings (SSSR count). The van der Waals surface area contributed by atoms with Crippen molar-refractivity contribution in [3.05, 3.63) is 35.1 Å². The third kappa shape index (κ3) is 1.60. The van der Waals surface area contributed by atoms with E-state index in [9.17, 15) is 15.0 Å². The molecule has 3 aliphatic rings. The maximum Gasteiger partial charge on any atom is 0.217 e. The fourth-order valence-electron chi connectivity index (χ4n) is 4.93. The van der Waals surface area contributed by atoms with Crippen LogP contribution in [0, 0.1) is 0 Å². The maximum absolute atomic E-state index is 13.1. The summed E-state index contributed by atoms with van der Waals surface area (Å²) in [4.78, 5) is 13.1. The second-order valence-electron chi connectivity index (χ2n) is 6.77. The quantitative estimate of drug-likeness (QED) is 0.757. The van der Waals surface area contributed by atoms with Gasteiger partial charge in [-0.15, -0.1) is 0 Å². The van der Waals surface area contributed by atoms with Crippen molar-refractivity contribution in [2.24, 2.45) is 0 Å². The summed E-state index contributed by atoms with van der Waals surface area (Å²) in [7, 11) is 2.98. The fourth-order valence-corrected chi connectivity index (χ4v) is 4.93. The summed E-state index contributed by atoms with van der Waals surface area (Å²) >= 11 is 0. The minimum absolute atomic E-state index is 0.0175. The van der Waals surface area contributed by atoms with E-state index in [1.54, 1.807) is 18.2 Å². The summed E-state index contributed by atoms with van der Waals surface area (Å²) < 4.78 is 10.5. The third-order valence-corrected chi connectivity index (χ3v) is 5.99. The largest absolute Gasteiger partial charge is 0.504 e. The Morgan fingerprint density at radius 1 is 1.29 bits per heavy atom. The Morgan fingerprint density at radius 2 is 2.08 bits per heavy atom. The van der Waals surface area contributed by atoms with Gasteiger partial charge in [-0.1, -0.05) is 6.07 Å². The van der Waals surface area contributed by atoms with Crippen LogP contribution in [0.1, 0.15) is 36.5 Å². The van der Waals surface area contributed by atoms with Crippen LogP contribution in [0.3, 0.4) is 0 Å². The Morgan fingerprint density at radius 3 is 2.79 bits per heavy atom. The van der Waals surface area contributed by atoms with E-state index in [1.807, 2.05) is 0 Å². The van der Waals surface area contributed by atoms with Crippen molar-refractivity contribution in [3.63, 3.8) is 0 Å². The molecular weight excluding hydrogens is 310 g/mol. The van der Waals surface area contributed by atoms with Crippen LogP contribution >= 0.6 is 0 Å². The van der Waals surface area contributed by atoms with Gasteiger partial charge in [0.05, 0.1) is 25.9 Å². The highest BCUT2D eigenvalue weighted by molar-refractivity contribution is 6.04. The molecule has 0 saturated carbocycles. The number of Topliss-reactive ketones (excluding diaryl/α,β-unsaturated/α-hetero) is 1. The van der Waals surface area contributed by atoms with Gasteiger partial charge in [0.2, 0.25) is 5.78 Å². The number of fused-ring (bicyclic) bond motifs is 1. The fraction of sp³-hybridized carbons (Fsp3) is 0.500. The van der Waals surface area contributed by atoms with Gasteiger partial charge < -0.3 is 25.0 Å². The minimum atomic E-state index is -0.955. The van der Waals surface area contributed by atoms with Gasteiger partial charge in [0.15, 0.2) is 17.3 Å². The second kappa shape index (κ2) is 4.97. The molecule has 128 valence electrons. The number of aliphatic hydroxyl groups excluding tert-OH is 1. The van der Waals surface area contributed by atoms with Crippen molar-refractivity contribution in [2.45, 2.75) is 36.3 Å². The van der Waals surface area contributed by atoms with Crippen molar-refractivity contribution < 1.29 is 24.5 Å². The average Bonchev–Trinajstić information content (AvgIpc) is 2.96. The van der Waals surface area contributed by atoms with Crippen LogP contribution in [-0.4, -0.2) is 42.3 Å². The number of aromatic hydroxyl groups is 1. The van der Waals surface area contributed by atoms with Gasteiger partial charge in [-0.2, -0.15) is 0 Å². The summed E-state index contributed by atoms with van der Waals surface area (Å²) in [6.07, 6.45) is 2.50. The molecule has 1 aromatic rings. The van der Waals surface area contributed by atoms with Crippen LogP contribution in [0.2, 0.25) is 0 Å². The molecule has 1 aromatic carbocycles. The molecule has 1 fully saturated rings. The third-order valence-electron chi connectivity index (χ3n) is 5.99. The molecule has 3 atom stereocenters. The molecule has 1 saturated heterocycles. The number of hydrogen-bond donors (Lipinski definition) is 3. The summed E-state index contributed by atoms with van der Waals surface area (Å²) in [5.41, 5.74) is -0.247. The highest BCUT2D eigenvalue weighted by Gasteiger charge is 2.66. The van der Waals surface area contributed by atoms with Gasteiger partial charge in [-0.3, -0.25) is 4.79 Å². The van der Waals surface area contributed by atoms with Crippen molar-refractivity contribution in [1.29, 1.82) is 0 Å². The van der Waals surface area contributed by atoms with Gasteiger partial charge in [0, 0.05) is 17.4 Å². The van der Waals surface area contributed by atoms with Gasteiger partial charge in [-0.05, 0) is 37.1 Å². The predicted octanol–water partition coefficient (Wildman–Crippen LogP) is 1.31. The zero-order valence-electron chi connectivity index (χ0n) is 13.8. The molecule has 3 N–H and O–H groups in total. The normalized spacial score (nSPS) is 34.0. The van der Waals surface area contributed by atoms with Crippen molar-refractivity contribution in [2.75, 3.05) is 20.8 Å². The van der Waals surface area contributed by atoms with E-state index < -0.39 is 17.1 Å². The number of methoxy groups -OCH3 is 2. The molecule has 0 radical (unpaired) electrons. The van der Waals surface area contributed by atoms with Crippen molar-refractivity contribution >= 4 is 5.78 Å². The lowest BCUT2D eigenvalue weighted by atomic mass is 9.53. The van der Waals surface area contributed by atoms with Crippen LogP contribution in [0.25, 0.3) is 0 Å². The molecule has 1 heterocycles. The lowest BCUT2D eigenvalue weighted by Gasteiger charge is -2.52. The number of nitrogens with one attached hydrogen (secondary N) is 1. The number of ketones is 1. The van der Waals surface area contributed by atoms with Crippen molar-refractivity contribution in [1.82, 2.24) is 5.32 Å². The highest BCUT2D eigenvalue weighted by Crippen LogP contribution is 2.61. The van der Waals surface area contributed by atoms with Crippen molar-refractivity contribution in [3.8, 4) is 11.5 Å². The number of rotatable bonds is 2. The van der Waals surface area contributed by atoms with E-state index in [2.05, 4.69) is 5.32 Å². The van der Waals surface area contributed by atoms with E-state index in [4.69, 9.17) is 9.47 Å². The molecule has 1 aliphatic heterocycles. The molecule has 0 amide bonds. The first-order valence-electron chi connectivity index (χ1n) is 8.13. The van der Waals surface area contributed by atoms with E-state index >= 15 is 0 Å². The van der Waals surface area contributed by atoms with Crippen LogP contribution in [0.4, 0.5) is 0 Å². The smallest absolute Gasteiger partial charge is 0.217 e. The topological polar surface area (TPSA) is 88.0 Å². The molecule has 6 nitrogen and oxygen atoms in total. The number of hydrogen-bond acceptors (Lipinski definition) is 6. The van der Waals surface area contributed by atoms with Crippen LogP contribution in [-0.2, 0) is 14.9 Å². The molecule has 0 aromatic heterocycles. The summed E-state index contributed by atoms with van der Waals surface area (Å²) in [5, 5.41) is 24.8. The number of aliphatic hydroxyl groups is 1.